The van der Waals surface area contributed by atoms with Crippen LogP contribution < -0.4 is 20.9 Å². The molecule has 2 saturated heterocycles. The van der Waals surface area contributed by atoms with Gasteiger partial charge in [-0.3, -0.25) is 4.90 Å². The largest absolute Gasteiger partial charge is 0.442 e. The van der Waals surface area contributed by atoms with Crippen LogP contribution in [0.5, 0.6) is 0 Å². The van der Waals surface area contributed by atoms with Crippen molar-refractivity contribution in [1.82, 2.24) is 5.32 Å². The number of carbonyl (C=O) groups is 1. The second kappa shape index (κ2) is 9.53. The summed E-state index contributed by atoms with van der Waals surface area (Å²) in [5, 5.41) is 2.98. The lowest BCUT2D eigenvalue weighted by Gasteiger charge is -2.34. The highest BCUT2D eigenvalue weighted by molar-refractivity contribution is 7.80. The molecule has 0 aromatic heterocycles. The third kappa shape index (κ3) is 4.96. The summed E-state index contributed by atoms with van der Waals surface area (Å²) in [5.74, 6) is -0.300. The molecule has 1 unspecified atom stereocenters. The van der Waals surface area contributed by atoms with Crippen molar-refractivity contribution in [2.75, 3.05) is 36.0 Å². The molecule has 3 N–H and O–H groups in total. The predicted molar refractivity (Wildman–Crippen MR) is 122 cm³/mol. The molecule has 2 aliphatic rings. The minimum Gasteiger partial charge on any atom is -0.442 e. The summed E-state index contributed by atoms with van der Waals surface area (Å²) in [6.45, 7) is 11.0. The van der Waals surface area contributed by atoms with Crippen molar-refractivity contribution in [3.8, 4) is 0 Å². The van der Waals surface area contributed by atoms with Gasteiger partial charge in [0, 0.05) is 19.0 Å². The number of hydrogen-bond acceptors (Lipinski definition) is 5. The standard InChI is InChI=1S/C20H24FN5O2S2/c1-12(29)24-10-15-11-26(20(27)28-15)14-3-4-17(16(21)9-14)25-7-5-13(6-8-25)18(23-2)19(22)30/h3-4,9,13,15,18H,5-8,10-11H2,1H3,(H2,22,30)(H,24,29)/t15-,18?/m0/s1. The molecule has 0 spiro atoms. The van der Waals surface area contributed by atoms with Gasteiger partial charge < -0.3 is 25.5 Å². The van der Waals surface area contributed by atoms with Crippen molar-refractivity contribution in [1.29, 1.82) is 0 Å². The van der Waals surface area contributed by atoms with E-state index in [9.17, 15) is 9.18 Å². The highest BCUT2D eigenvalue weighted by atomic mass is 32.1. The molecule has 2 fully saturated rings. The van der Waals surface area contributed by atoms with Crippen LogP contribution in [0.1, 0.15) is 19.8 Å². The van der Waals surface area contributed by atoms with Crippen molar-refractivity contribution >= 4 is 51.9 Å². The van der Waals surface area contributed by atoms with E-state index in [0.29, 0.717) is 42.5 Å². The van der Waals surface area contributed by atoms with Gasteiger partial charge in [0.1, 0.15) is 11.9 Å². The average Bonchev–Trinajstić information content (AvgIpc) is 3.08. The van der Waals surface area contributed by atoms with E-state index in [2.05, 4.69) is 10.2 Å². The maximum atomic E-state index is 14.9. The van der Waals surface area contributed by atoms with E-state index in [1.54, 1.807) is 19.1 Å². The minimum absolute atomic E-state index is 0.0968. The van der Waals surface area contributed by atoms with Crippen LogP contribution in [-0.2, 0) is 4.74 Å². The van der Waals surface area contributed by atoms with Crippen molar-refractivity contribution < 1.29 is 13.9 Å². The van der Waals surface area contributed by atoms with E-state index in [-0.39, 0.29) is 17.0 Å². The molecule has 7 nitrogen and oxygen atoms in total. The number of nitrogens with zero attached hydrogens (tertiary/aromatic N) is 3. The molecular formula is C20H24FN5O2S2. The van der Waals surface area contributed by atoms with E-state index in [0.717, 1.165) is 12.8 Å². The van der Waals surface area contributed by atoms with Gasteiger partial charge in [0.05, 0.1) is 29.5 Å². The predicted octanol–water partition coefficient (Wildman–Crippen LogP) is 2.88. The fraction of sp³-hybridized carbons (Fsp3) is 0.500. The van der Waals surface area contributed by atoms with Gasteiger partial charge in [-0.1, -0.05) is 24.4 Å². The maximum Gasteiger partial charge on any atom is 0.414 e. The zero-order chi connectivity index (χ0) is 21.8. The maximum absolute atomic E-state index is 14.9. The first-order valence-corrected chi connectivity index (χ1v) is 10.5. The number of piperidine rings is 1. The summed E-state index contributed by atoms with van der Waals surface area (Å²) in [6, 6.07) is 4.31. The molecule has 0 bridgehead atoms. The zero-order valence-electron chi connectivity index (χ0n) is 16.6. The Balaban J connectivity index is 1.64. The highest BCUT2D eigenvalue weighted by Crippen LogP contribution is 2.31. The first-order chi connectivity index (χ1) is 14.3. The van der Waals surface area contributed by atoms with Crippen molar-refractivity contribution in [3.63, 3.8) is 0 Å². The Hall–Kier alpha value is -2.51. The van der Waals surface area contributed by atoms with Crippen LogP contribution in [0.3, 0.4) is 0 Å². The summed E-state index contributed by atoms with van der Waals surface area (Å²) in [6.07, 6.45) is 0.594. The minimum atomic E-state index is -0.500. The van der Waals surface area contributed by atoms with Gasteiger partial charge in [0.25, 0.3) is 6.04 Å². The Bertz CT molecular complexity index is 882. The van der Waals surface area contributed by atoms with Crippen LogP contribution in [0.4, 0.5) is 20.6 Å². The third-order valence-corrected chi connectivity index (χ3v) is 5.84. The molecule has 10 heteroatoms. The first kappa shape index (κ1) is 22.2. The number of hydrogen-bond donors (Lipinski definition) is 2. The summed E-state index contributed by atoms with van der Waals surface area (Å²) >= 11 is 9.96. The number of nitrogens with two attached hydrogens (primary N) is 1. The molecule has 0 aliphatic carbocycles. The molecule has 2 aliphatic heterocycles. The molecule has 3 rings (SSSR count). The fourth-order valence-corrected chi connectivity index (χ4v) is 4.20. The molecule has 1 aromatic carbocycles. The van der Waals surface area contributed by atoms with E-state index in [4.69, 9.17) is 41.5 Å². The van der Waals surface area contributed by atoms with Gasteiger partial charge >= 0.3 is 6.09 Å². The van der Waals surface area contributed by atoms with Crippen LogP contribution in [0.15, 0.2) is 18.2 Å². The number of amides is 1. The van der Waals surface area contributed by atoms with E-state index >= 15 is 0 Å². The quantitative estimate of drug-likeness (QED) is 0.511. The molecule has 1 aromatic rings. The molecule has 160 valence electrons. The van der Waals surface area contributed by atoms with E-state index in [1.807, 2.05) is 4.90 Å². The van der Waals surface area contributed by atoms with Crippen LogP contribution in [0.2, 0.25) is 0 Å². The first-order valence-electron chi connectivity index (χ1n) is 9.73. The number of ether oxygens (including phenoxy) is 1. The number of anilines is 2. The van der Waals surface area contributed by atoms with Gasteiger partial charge in [-0.05, 0) is 38.0 Å². The topological polar surface area (TPSA) is 75.2 Å². The summed E-state index contributed by atoms with van der Waals surface area (Å²) in [4.78, 5) is 20.0. The SMILES string of the molecule is [C-]#[N+]C(C(N)=S)C1CCN(c2ccc(N3C[C@H](CNC(C)=S)OC3=O)cc2F)CC1. The molecule has 1 amide bonds. The van der Waals surface area contributed by atoms with Crippen molar-refractivity contribution in [2.45, 2.75) is 31.9 Å². The molecule has 2 atom stereocenters. The molecule has 2 heterocycles. The van der Waals surface area contributed by atoms with Gasteiger partial charge in [-0.25, -0.2) is 15.8 Å². The lowest BCUT2D eigenvalue weighted by Crippen LogP contribution is -2.41. The summed E-state index contributed by atoms with van der Waals surface area (Å²) in [5.41, 5.74) is 6.61. The van der Waals surface area contributed by atoms with E-state index < -0.39 is 18.0 Å². The Morgan fingerprint density at radius 3 is 2.70 bits per heavy atom. The Morgan fingerprint density at radius 2 is 2.13 bits per heavy atom. The number of halogens is 1. The smallest absolute Gasteiger partial charge is 0.414 e. The molecular weight excluding hydrogens is 425 g/mol. The van der Waals surface area contributed by atoms with Crippen molar-refractivity contribution in [2.24, 2.45) is 11.7 Å². The lowest BCUT2D eigenvalue weighted by molar-refractivity contribution is 0.143. The number of rotatable bonds is 6. The van der Waals surface area contributed by atoms with Crippen LogP contribution in [0.25, 0.3) is 4.85 Å². The average molecular weight is 450 g/mol. The van der Waals surface area contributed by atoms with Crippen molar-refractivity contribution in [3.05, 3.63) is 35.4 Å². The number of thiocarbonyl (C=S) groups is 2. The molecule has 0 saturated carbocycles. The number of carbonyl (C=O) groups excluding carboxylic acids is 1. The molecule has 30 heavy (non-hydrogen) atoms. The van der Waals surface area contributed by atoms with E-state index in [1.165, 1.54) is 11.0 Å². The number of nitrogens with one attached hydrogen (secondary N) is 1. The summed E-state index contributed by atoms with van der Waals surface area (Å²) < 4.78 is 20.2. The zero-order valence-corrected chi connectivity index (χ0v) is 18.3. The highest BCUT2D eigenvalue weighted by Gasteiger charge is 2.34. The lowest BCUT2D eigenvalue weighted by atomic mass is 9.89. The Labute approximate surface area is 186 Å². The van der Waals surface area contributed by atoms with Gasteiger partial charge in [0.2, 0.25) is 0 Å². The third-order valence-electron chi connectivity index (χ3n) is 5.45. The summed E-state index contributed by atoms with van der Waals surface area (Å²) in [7, 11) is 0. The fourth-order valence-electron chi connectivity index (χ4n) is 3.87. The van der Waals surface area contributed by atoms with Gasteiger partial charge in [-0.2, -0.15) is 0 Å². The van der Waals surface area contributed by atoms with Gasteiger partial charge in [-0.15, -0.1) is 0 Å². The second-order valence-electron chi connectivity index (χ2n) is 7.49. The van der Waals surface area contributed by atoms with Crippen LogP contribution in [0, 0.1) is 18.3 Å². The van der Waals surface area contributed by atoms with Gasteiger partial charge in [0.15, 0.2) is 4.99 Å². The van der Waals surface area contributed by atoms with Crippen LogP contribution >= 0.6 is 24.4 Å². The number of benzene rings is 1. The Kier molecular flexibility index (Phi) is 7.05. The van der Waals surface area contributed by atoms with Crippen LogP contribution in [-0.4, -0.2) is 54.4 Å². The Morgan fingerprint density at radius 1 is 1.43 bits per heavy atom. The molecule has 0 radical (unpaired) electrons. The normalized spacial score (nSPS) is 20.4. The number of cyclic esters (lactones) is 1. The second-order valence-corrected chi connectivity index (χ2v) is 8.57. The monoisotopic (exact) mass is 449 g/mol.